The highest BCUT2D eigenvalue weighted by atomic mass is 16.5. The Morgan fingerprint density at radius 2 is 1.52 bits per heavy atom. The zero-order valence-electron chi connectivity index (χ0n) is 14.3. The molecule has 5 heteroatoms. The molecule has 3 unspecified atom stereocenters. The van der Waals surface area contributed by atoms with E-state index in [0.29, 0.717) is 19.3 Å². The van der Waals surface area contributed by atoms with E-state index >= 15 is 0 Å². The second-order valence-corrected chi connectivity index (χ2v) is 7.48. The van der Waals surface area contributed by atoms with Gasteiger partial charge in [-0.05, 0) is 26.2 Å². The van der Waals surface area contributed by atoms with Crippen molar-refractivity contribution in [1.82, 2.24) is 0 Å². The van der Waals surface area contributed by atoms with Gasteiger partial charge in [-0.1, -0.05) is 51.9 Å². The average molecular weight is 326 g/mol. The Hall–Kier alpha value is -1.10. The first-order chi connectivity index (χ1) is 10.9. The molecule has 4 atom stereocenters. The van der Waals surface area contributed by atoms with E-state index in [1.807, 2.05) is 0 Å². The number of hydrogen-bond donors (Lipinski definition) is 2. The highest BCUT2D eigenvalue weighted by molar-refractivity contribution is 5.83. The first-order valence-electron chi connectivity index (χ1n) is 9.02. The van der Waals surface area contributed by atoms with Gasteiger partial charge in [0, 0.05) is 0 Å². The van der Waals surface area contributed by atoms with E-state index in [1.54, 1.807) is 6.92 Å². The molecule has 0 aromatic heterocycles. The van der Waals surface area contributed by atoms with Crippen molar-refractivity contribution in [2.45, 2.75) is 89.3 Å². The first-order valence-corrected chi connectivity index (χ1v) is 9.02. The van der Waals surface area contributed by atoms with Gasteiger partial charge in [0.15, 0.2) is 0 Å². The SMILES string of the molecule is CCCCCCCCC[C@@]12CCC(C)(O1)C(C(=O)O)C2C(=O)O. The monoisotopic (exact) mass is 326 g/mol. The Labute approximate surface area is 138 Å². The number of carbonyl (C=O) groups is 2. The summed E-state index contributed by atoms with van der Waals surface area (Å²) in [4.78, 5) is 23.3. The Morgan fingerprint density at radius 3 is 2.09 bits per heavy atom. The van der Waals surface area contributed by atoms with Crippen LogP contribution in [-0.2, 0) is 14.3 Å². The van der Waals surface area contributed by atoms with E-state index in [-0.39, 0.29) is 0 Å². The Morgan fingerprint density at radius 1 is 0.957 bits per heavy atom. The smallest absolute Gasteiger partial charge is 0.310 e. The molecular weight excluding hydrogens is 296 g/mol. The standard InChI is InChI=1S/C18H30O5/c1-3-4-5-6-7-8-9-10-18-12-11-17(2,23-18)13(15(19)20)14(18)16(21)22/h13-14H,3-12H2,1-2H3,(H,19,20)(H,21,22)/t13?,14?,17?,18-/m0/s1. The normalized spacial score (nSPS) is 35.6. The molecule has 2 rings (SSSR count). The van der Waals surface area contributed by atoms with Gasteiger partial charge < -0.3 is 14.9 Å². The minimum absolute atomic E-state index is 0.643. The summed E-state index contributed by atoms with van der Waals surface area (Å²) in [6, 6.07) is 0. The Balaban J connectivity index is 1.94. The van der Waals surface area contributed by atoms with Crippen molar-refractivity contribution in [3.63, 3.8) is 0 Å². The van der Waals surface area contributed by atoms with Gasteiger partial charge in [-0.15, -0.1) is 0 Å². The molecule has 2 saturated heterocycles. The summed E-state index contributed by atoms with van der Waals surface area (Å²) in [5.74, 6) is -3.91. The zero-order valence-corrected chi connectivity index (χ0v) is 14.3. The molecule has 0 spiro atoms. The van der Waals surface area contributed by atoms with Crippen LogP contribution < -0.4 is 0 Å². The summed E-state index contributed by atoms with van der Waals surface area (Å²) >= 11 is 0. The summed E-state index contributed by atoms with van der Waals surface area (Å²) in [6.45, 7) is 3.96. The number of carboxylic acid groups (broad SMARTS) is 2. The van der Waals surface area contributed by atoms with Crippen LogP contribution in [0.2, 0.25) is 0 Å². The maximum Gasteiger partial charge on any atom is 0.310 e. The lowest BCUT2D eigenvalue weighted by Crippen LogP contribution is -2.47. The van der Waals surface area contributed by atoms with Crippen LogP contribution in [0, 0.1) is 11.8 Å². The summed E-state index contributed by atoms with van der Waals surface area (Å²) in [5, 5.41) is 19.1. The third-order valence-corrected chi connectivity index (χ3v) is 5.77. The summed E-state index contributed by atoms with van der Waals surface area (Å²) < 4.78 is 6.08. The molecule has 0 saturated carbocycles. The van der Waals surface area contributed by atoms with Crippen LogP contribution in [0.5, 0.6) is 0 Å². The quantitative estimate of drug-likeness (QED) is 0.596. The number of carboxylic acids is 2. The lowest BCUT2D eigenvalue weighted by molar-refractivity contribution is -0.157. The fraction of sp³-hybridized carbons (Fsp3) is 0.889. The molecule has 0 radical (unpaired) electrons. The second-order valence-electron chi connectivity index (χ2n) is 7.48. The van der Waals surface area contributed by atoms with Crippen molar-refractivity contribution in [1.29, 1.82) is 0 Å². The predicted molar refractivity (Wildman–Crippen MR) is 86.3 cm³/mol. The molecule has 2 fully saturated rings. The second kappa shape index (κ2) is 7.20. The molecule has 0 amide bonds. The van der Waals surface area contributed by atoms with Gasteiger partial charge in [0.1, 0.15) is 11.8 Å². The minimum Gasteiger partial charge on any atom is -0.481 e. The average Bonchev–Trinajstić information content (AvgIpc) is 2.94. The van der Waals surface area contributed by atoms with Gasteiger partial charge in [-0.25, -0.2) is 0 Å². The van der Waals surface area contributed by atoms with Crippen molar-refractivity contribution < 1.29 is 24.5 Å². The number of rotatable bonds is 10. The van der Waals surface area contributed by atoms with Crippen molar-refractivity contribution >= 4 is 11.9 Å². The van der Waals surface area contributed by atoms with Crippen molar-refractivity contribution in [2.24, 2.45) is 11.8 Å². The van der Waals surface area contributed by atoms with E-state index in [1.165, 1.54) is 25.7 Å². The van der Waals surface area contributed by atoms with Gasteiger partial charge in [0.2, 0.25) is 0 Å². The number of unbranched alkanes of at least 4 members (excludes halogenated alkanes) is 6. The van der Waals surface area contributed by atoms with Crippen LogP contribution in [-0.4, -0.2) is 33.4 Å². The lowest BCUT2D eigenvalue weighted by atomic mass is 9.65. The molecule has 23 heavy (non-hydrogen) atoms. The predicted octanol–water partition coefficient (Wildman–Crippen LogP) is 3.85. The van der Waals surface area contributed by atoms with E-state index < -0.39 is 35.0 Å². The topological polar surface area (TPSA) is 83.8 Å². The summed E-state index contributed by atoms with van der Waals surface area (Å²) in [6.07, 6.45) is 10.1. The van der Waals surface area contributed by atoms with Crippen molar-refractivity contribution in [3.05, 3.63) is 0 Å². The molecule has 2 heterocycles. The first kappa shape index (κ1) is 18.2. The Bertz CT molecular complexity index is 449. The molecule has 2 N–H and O–H groups in total. The van der Waals surface area contributed by atoms with Gasteiger partial charge in [0.05, 0.1) is 11.2 Å². The highest BCUT2D eigenvalue weighted by Gasteiger charge is 2.69. The lowest BCUT2D eigenvalue weighted by Gasteiger charge is -2.33. The van der Waals surface area contributed by atoms with Crippen molar-refractivity contribution in [3.8, 4) is 0 Å². The zero-order chi connectivity index (χ0) is 17.1. The number of aliphatic carboxylic acids is 2. The fourth-order valence-electron chi connectivity index (χ4n) is 4.60. The third kappa shape index (κ3) is 3.54. The van der Waals surface area contributed by atoms with E-state index in [0.717, 1.165) is 19.3 Å². The van der Waals surface area contributed by atoms with Gasteiger partial charge in [0.25, 0.3) is 0 Å². The molecule has 132 valence electrons. The van der Waals surface area contributed by atoms with Crippen LogP contribution in [0.4, 0.5) is 0 Å². The van der Waals surface area contributed by atoms with Gasteiger partial charge in [-0.2, -0.15) is 0 Å². The largest absolute Gasteiger partial charge is 0.481 e. The van der Waals surface area contributed by atoms with Crippen molar-refractivity contribution in [2.75, 3.05) is 0 Å². The van der Waals surface area contributed by atoms with E-state index in [4.69, 9.17) is 4.74 Å². The molecular formula is C18H30O5. The Kier molecular flexibility index (Phi) is 5.71. The minimum atomic E-state index is -1.04. The van der Waals surface area contributed by atoms with Crippen LogP contribution >= 0.6 is 0 Å². The van der Waals surface area contributed by atoms with Crippen LogP contribution in [0.25, 0.3) is 0 Å². The van der Waals surface area contributed by atoms with Crippen LogP contribution in [0.3, 0.4) is 0 Å². The number of fused-ring (bicyclic) bond motifs is 2. The molecule has 0 aromatic carbocycles. The van der Waals surface area contributed by atoms with Crippen LogP contribution in [0.15, 0.2) is 0 Å². The maximum absolute atomic E-state index is 11.7. The fourth-order valence-corrected chi connectivity index (χ4v) is 4.60. The van der Waals surface area contributed by atoms with Gasteiger partial charge >= 0.3 is 11.9 Å². The summed E-state index contributed by atoms with van der Waals surface area (Å²) in [5.41, 5.74) is -1.59. The third-order valence-electron chi connectivity index (χ3n) is 5.77. The van der Waals surface area contributed by atoms with Gasteiger partial charge in [-0.3, -0.25) is 9.59 Å². The molecule has 5 nitrogen and oxygen atoms in total. The molecule has 0 aromatic rings. The number of hydrogen-bond acceptors (Lipinski definition) is 3. The molecule has 2 bridgehead atoms. The highest BCUT2D eigenvalue weighted by Crippen LogP contribution is 2.59. The molecule has 2 aliphatic heterocycles. The summed E-state index contributed by atoms with van der Waals surface area (Å²) in [7, 11) is 0. The van der Waals surface area contributed by atoms with Crippen LogP contribution in [0.1, 0.15) is 78.1 Å². The number of ether oxygens (including phenoxy) is 1. The van der Waals surface area contributed by atoms with E-state index in [2.05, 4.69) is 6.92 Å². The maximum atomic E-state index is 11.7. The van der Waals surface area contributed by atoms with E-state index in [9.17, 15) is 19.8 Å². The molecule has 2 aliphatic rings. The molecule has 0 aliphatic carbocycles.